The Labute approximate surface area is 202 Å². The van der Waals surface area contributed by atoms with Crippen LogP contribution < -0.4 is 10.6 Å². The summed E-state index contributed by atoms with van der Waals surface area (Å²) in [5.41, 5.74) is 4.74. The third-order valence-electron chi connectivity index (χ3n) is 5.87. The van der Waals surface area contributed by atoms with Gasteiger partial charge in [0.2, 0.25) is 0 Å². The topological polar surface area (TPSA) is 116 Å². The molecular formula is C25H30N4O4S. The molecule has 34 heavy (non-hydrogen) atoms. The second-order valence-corrected chi connectivity index (χ2v) is 9.57. The Morgan fingerprint density at radius 1 is 1.21 bits per heavy atom. The fraction of sp³-hybridized carbons (Fsp3) is 0.400. The molecule has 8 nitrogen and oxygen atoms in total. The molecule has 180 valence electrons. The number of aromatic amines is 1. The molecule has 2 amide bonds. The summed E-state index contributed by atoms with van der Waals surface area (Å²) in [5, 5.41) is 23.8. The van der Waals surface area contributed by atoms with E-state index in [0.717, 1.165) is 47.3 Å². The summed E-state index contributed by atoms with van der Waals surface area (Å²) in [7, 11) is 0. The number of benzene rings is 1. The maximum absolute atomic E-state index is 13.0. The van der Waals surface area contributed by atoms with E-state index in [1.54, 1.807) is 12.1 Å². The lowest BCUT2D eigenvalue weighted by molar-refractivity contribution is 0.0944. The Balaban J connectivity index is 1.52. The van der Waals surface area contributed by atoms with Gasteiger partial charge in [-0.25, -0.2) is 0 Å². The molecule has 0 radical (unpaired) electrons. The predicted octanol–water partition coefficient (Wildman–Crippen LogP) is 4.36. The summed E-state index contributed by atoms with van der Waals surface area (Å²) in [6.45, 7) is 7.50. The van der Waals surface area contributed by atoms with Crippen LogP contribution in [-0.2, 0) is 17.6 Å². The molecule has 4 rings (SSSR count). The number of carbonyl (C=O) groups excluding carboxylic acids is 2. The third kappa shape index (κ3) is 5.00. The predicted molar refractivity (Wildman–Crippen MR) is 133 cm³/mol. The van der Waals surface area contributed by atoms with Crippen molar-refractivity contribution in [2.24, 2.45) is 0 Å². The van der Waals surface area contributed by atoms with Crippen molar-refractivity contribution in [3.05, 3.63) is 51.0 Å². The summed E-state index contributed by atoms with van der Waals surface area (Å²) in [5.74, 6) is -0.432. The van der Waals surface area contributed by atoms with Crippen molar-refractivity contribution in [1.82, 2.24) is 15.5 Å². The molecule has 0 saturated carbocycles. The number of aryl methyl sites for hydroxylation is 3. The molecule has 1 aliphatic rings. The zero-order chi connectivity index (χ0) is 24.2. The first-order valence-corrected chi connectivity index (χ1v) is 12.4. The largest absolute Gasteiger partial charge is 0.507 e. The lowest BCUT2D eigenvalue weighted by Gasteiger charge is -2.09. The highest BCUT2D eigenvalue weighted by molar-refractivity contribution is 7.17. The van der Waals surface area contributed by atoms with Gasteiger partial charge in [-0.15, -0.1) is 11.3 Å². The van der Waals surface area contributed by atoms with Crippen LogP contribution in [0.3, 0.4) is 0 Å². The molecule has 4 N–H and O–H groups in total. The van der Waals surface area contributed by atoms with Crippen molar-refractivity contribution in [3.63, 3.8) is 0 Å². The standard InChI is InChI=1S/C25H30N4O4S/c1-4-33-10-6-9-26-24(32)22-16-7-5-8-20(16)34-25(22)27-23(31)18-13-17(28-29-18)21-15(3)11-14(2)12-19(21)30/h11-13,30H,4-10H2,1-3H3,(H,26,32)(H,27,31)(H,28,29). The van der Waals surface area contributed by atoms with Crippen LogP contribution in [0, 0.1) is 13.8 Å². The van der Waals surface area contributed by atoms with Crippen molar-refractivity contribution in [2.45, 2.75) is 46.5 Å². The van der Waals surface area contributed by atoms with Crippen LogP contribution in [0.15, 0.2) is 18.2 Å². The highest BCUT2D eigenvalue weighted by Gasteiger charge is 2.28. The van der Waals surface area contributed by atoms with E-state index in [1.807, 2.05) is 26.8 Å². The molecule has 2 aromatic heterocycles. The molecule has 0 aliphatic heterocycles. The Morgan fingerprint density at radius 3 is 2.79 bits per heavy atom. The number of H-pyrrole nitrogens is 1. The Hall–Kier alpha value is -3.17. The molecule has 0 saturated heterocycles. The second kappa shape index (κ2) is 10.4. The first kappa shape index (κ1) is 24.0. The molecule has 0 fully saturated rings. The second-order valence-electron chi connectivity index (χ2n) is 8.46. The summed E-state index contributed by atoms with van der Waals surface area (Å²) < 4.78 is 5.33. The van der Waals surface area contributed by atoms with Crippen molar-refractivity contribution in [3.8, 4) is 17.0 Å². The van der Waals surface area contributed by atoms with Gasteiger partial charge in [-0.3, -0.25) is 14.7 Å². The van der Waals surface area contributed by atoms with Gasteiger partial charge in [0.25, 0.3) is 11.8 Å². The molecule has 1 aromatic carbocycles. The van der Waals surface area contributed by atoms with E-state index in [4.69, 9.17) is 4.74 Å². The van der Waals surface area contributed by atoms with Gasteiger partial charge in [0.05, 0.1) is 11.3 Å². The lowest BCUT2D eigenvalue weighted by Crippen LogP contribution is -2.27. The van der Waals surface area contributed by atoms with E-state index < -0.39 is 0 Å². The van der Waals surface area contributed by atoms with E-state index in [-0.39, 0.29) is 23.3 Å². The van der Waals surface area contributed by atoms with E-state index in [0.29, 0.717) is 41.6 Å². The van der Waals surface area contributed by atoms with Gasteiger partial charge in [0.1, 0.15) is 16.4 Å². The minimum Gasteiger partial charge on any atom is -0.507 e. The smallest absolute Gasteiger partial charge is 0.274 e. The number of thiophene rings is 1. The Morgan fingerprint density at radius 2 is 2.03 bits per heavy atom. The van der Waals surface area contributed by atoms with Crippen LogP contribution in [-0.4, -0.2) is 46.9 Å². The molecule has 0 unspecified atom stereocenters. The van der Waals surface area contributed by atoms with Crippen molar-refractivity contribution >= 4 is 28.2 Å². The number of nitrogens with one attached hydrogen (secondary N) is 3. The quantitative estimate of drug-likeness (QED) is 0.338. The first-order valence-electron chi connectivity index (χ1n) is 11.6. The van der Waals surface area contributed by atoms with E-state index in [2.05, 4.69) is 20.8 Å². The van der Waals surface area contributed by atoms with Gasteiger partial charge in [-0.2, -0.15) is 5.10 Å². The molecule has 0 bridgehead atoms. The van der Waals surface area contributed by atoms with Gasteiger partial charge in [0, 0.05) is 30.2 Å². The Bertz CT molecular complexity index is 1190. The van der Waals surface area contributed by atoms with Gasteiger partial charge in [-0.05, 0) is 75.3 Å². The molecule has 9 heteroatoms. The summed E-state index contributed by atoms with van der Waals surface area (Å²) >= 11 is 1.47. The monoisotopic (exact) mass is 482 g/mol. The number of hydrogen-bond acceptors (Lipinski definition) is 6. The number of rotatable bonds is 9. The zero-order valence-corrected chi connectivity index (χ0v) is 20.5. The van der Waals surface area contributed by atoms with E-state index >= 15 is 0 Å². The van der Waals surface area contributed by atoms with Gasteiger partial charge >= 0.3 is 0 Å². The fourth-order valence-electron chi connectivity index (χ4n) is 4.36. The summed E-state index contributed by atoms with van der Waals surface area (Å²) in [6, 6.07) is 5.24. The number of nitrogens with zero attached hydrogens (tertiary/aromatic N) is 1. The third-order valence-corrected chi connectivity index (χ3v) is 7.08. The molecule has 3 aromatic rings. The number of phenolic OH excluding ortho intramolecular Hbond substituents is 1. The first-order chi connectivity index (χ1) is 16.4. The van der Waals surface area contributed by atoms with Crippen LogP contribution in [0.2, 0.25) is 0 Å². The fourth-order valence-corrected chi connectivity index (χ4v) is 5.64. The highest BCUT2D eigenvalue weighted by atomic mass is 32.1. The average molecular weight is 483 g/mol. The number of aromatic nitrogens is 2. The van der Waals surface area contributed by atoms with Gasteiger partial charge in [0.15, 0.2) is 0 Å². The minimum absolute atomic E-state index is 0.119. The minimum atomic E-state index is -0.381. The number of aromatic hydroxyl groups is 1. The summed E-state index contributed by atoms with van der Waals surface area (Å²) in [6.07, 6.45) is 3.50. The van der Waals surface area contributed by atoms with E-state index in [1.165, 1.54) is 11.3 Å². The van der Waals surface area contributed by atoms with Crippen LogP contribution in [0.4, 0.5) is 5.00 Å². The zero-order valence-electron chi connectivity index (χ0n) is 19.7. The lowest BCUT2D eigenvalue weighted by atomic mass is 10.0. The normalized spacial score (nSPS) is 12.6. The molecule has 1 aliphatic carbocycles. The molecule has 0 atom stereocenters. The van der Waals surface area contributed by atoms with Crippen LogP contribution in [0.1, 0.15) is 62.2 Å². The number of phenols is 1. The molecule has 0 spiro atoms. The van der Waals surface area contributed by atoms with Crippen molar-refractivity contribution < 1.29 is 19.4 Å². The van der Waals surface area contributed by atoms with E-state index in [9.17, 15) is 14.7 Å². The van der Waals surface area contributed by atoms with Crippen LogP contribution in [0.25, 0.3) is 11.3 Å². The number of fused-ring (bicyclic) bond motifs is 1. The van der Waals surface area contributed by atoms with Crippen molar-refractivity contribution in [2.75, 3.05) is 25.1 Å². The van der Waals surface area contributed by atoms with Crippen LogP contribution in [0.5, 0.6) is 5.75 Å². The Kier molecular flexibility index (Phi) is 7.33. The molecular weight excluding hydrogens is 452 g/mol. The molecule has 2 heterocycles. The number of hydrogen-bond donors (Lipinski definition) is 4. The average Bonchev–Trinajstić information content (AvgIpc) is 3.49. The summed E-state index contributed by atoms with van der Waals surface area (Å²) in [4.78, 5) is 27.2. The maximum Gasteiger partial charge on any atom is 0.274 e. The van der Waals surface area contributed by atoms with Gasteiger partial charge < -0.3 is 20.5 Å². The number of ether oxygens (including phenoxy) is 1. The van der Waals surface area contributed by atoms with Gasteiger partial charge in [-0.1, -0.05) is 6.07 Å². The number of amides is 2. The number of carbonyl (C=O) groups is 2. The highest BCUT2D eigenvalue weighted by Crippen LogP contribution is 2.39. The van der Waals surface area contributed by atoms with Crippen LogP contribution >= 0.6 is 11.3 Å². The maximum atomic E-state index is 13.0. The van der Waals surface area contributed by atoms with Crippen molar-refractivity contribution in [1.29, 1.82) is 0 Å². The SMILES string of the molecule is CCOCCCNC(=O)c1c(NC(=O)c2cc(-c3c(C)cc(C)cc3O)n[nH]2)sc2c1CCC2. The number of anilines is 1.